The number of nitrogens with zero attached hydrogens (tertiary/aromatic N) is 2. The number of thiazole rings is 1. The van der Waals surface area contributed by atoms with E-state index in [0.29, 0.717) is 37.7 Å². The van der Waals surface area contributed by atoms with Crippen LogP contribution in [0.1, 0.15) is 41.6 Å². The van der Waals surface area contributed by atoms with Crippen LogP contribution in [-0.2, 0) is 14.3 Å². The van der Waals surface area contributed by atoms with Crippen molar-refractivity contribution >= 4 is 29.4 Å². The number of methoxy groups -OCH3 is 1. The van der Waals surface area contributed by atoms with E-state index in [9.17, 15) is 18.8 Å². The zero-order valence-corrected chi connectivity index (χ0v) is 22.1. The molecule has 1 unspecified atom stereocenters. The average Bonchev–Trinajstić information content (AvgIpc) is 3.52. The van der Waals surface area contributed by atoms with Crippen LogP contribution in [-0.4, -0.2) is 30.2 Å². The van der Waals surface area contributed by atoms with Gasteiger partial charge in [-0.3, -0.25) is 9.36 Å². The van der Waals surface area contributed by atoms with Crippen molar-refractivity contribution in [2.45, 2.75) is 19.9 Å². The number of fused-ring (bicyclic) bond motifs is 1. The number of furan rings is 1. The summed E-state index contributed by atoms with van der Waals surface area (Å²) in [6, 6.07) is 15.1. The minimum atomic E-state index is -0.830. The smallest absolute Gasteiger partial charge is 0.338 e. The fourth-order valence-corrected chi connectivity index (χ4v) is 5.38. The largest absolute Gasteiger partial charge is 0.465 e. The highest BCUT2D eigenvalue weighted by atomic mass is 32.1. The van der Waals surface area contributed by atoms with Gasteiger partial charge in [-0.1, -0.05) is 35.6 Å². The predicted molar refractivity (Wildman–Crippen MR) is 142 cm³/mol. The van der Waals surface area contributed by atoms with E-state index in [0.717, 1.165) is 16.9 Å². The molecule has 0 amide bonds. The van der Waals surface area contributed by atoms with Crippen molar-refractivity contribution in [3.05, 3.63) is 114 Å². The van der Waals surface area contributed by atoms with Gasteiger partial charge in [0.2, 0.25) is 0 Å². The number of allylic oxidation sites excluding steroid dienone is 1. The molecular formula is C29H23FN2O6S. The lowest BCUT2D eigenvalue weighted by Crippen LogP contribution is -2.39. The van der Waals surface area contributed by atoms with E-state index >= 15 is 0 Å². The second kappa shape index (κ2) is 10.7. The number of halogens is 1. The Morgan fingerprint density at radius 3 is 2.46 bits per heavy atom. The number of aromatic nitrogens is 1. The Bertz CT molecular complexity index is 1780. The Kier molecular flexibility index (Phi) is 7.12. The fraction of sp³-hybridized carbons (Fsp3) is 0.172. The monoisotopic (exact) mass is 546 g/mol. The van der Waals surface area contributed by atoms with E-state index in [1.807, 2.05) is 0 Å². The van der Waals surface area contributed by atoms with Crippen LogP contribution < -0.4 is 14.9 Å². The number of carbonyl (C=O) groups is 2. The predicted octanol–water partition coefficient (Wildman–Crippen LogP) is 3.98. The van der Waals surface area contributed by atoms with Crippen LogP contribution in [0.3, 0.4) is 0 Å². The number of hydrogen-bond donors (Lipinski definition) is 0. The molecule has 1 aliphatic rings. The maximum atomic E-state index is 13.7. The van der Waals surface area contributed by atoms with Crippen LogP contribution in [0.5, 0.6) is 0 Å². The van der Waals surface area contributed by atoms with E-state index in [2.05, 4.69) is 4.99 Å². The highest BCUT2D eigenvalue weighted by Crippen LogP contribution is 2.31. The van der Waals surface area contributed by atoms with E-state index in [-0.39, 0.29) is 17.7 Å². The van der Waals surface area contributed by atoms with E-state index in [1.165, 1.54) is 23.8 Å². The molecule has 0 fully saturated rings. The molecule has 8 nitrogen and oxygen atoms in total. The number of esters is 2. The van der Waals surface area contributed by atoms with Crippen LogP contribution in [0.4, 0.5) is 4.39 Å². The molecule has 2 aromatic carbocycles. The lowest BCUT2D eigenvalue weighted by molar-refractivity contribution is -0.139. The zero-order valence-electron chi connectivity index (χ0n) is 21.3. The van der Waals surface area contributed by atoms with Gasteiger partial charge in [0.25, 0.3) is 5.56 Å². The standard InChI is InChI=1S/C29H23FN2O6S/c1-4-37-28(35)24-16(2)31-29-32(25(24)18-9-11-20(30)12-10-18)26(33)23(39-29)15-21-13-14-22(38-21)17-5-7-19(8-6-17)27(34)36-3/h5-15,25H,4H2,1-3H3/b23-15-. The lowest BCUT2D eigenvalue weighted by atomic mass is 9.96. The van der Waals surface area contributed by atoms with E-state index in [4.69, 9.17) is 13.9 Å². The molecule has 0 N–H and O–H groups in total. The van der Waals surface area contributed by atoms with Gasteiger partial charge in [0.15, 0.2) is 4.80 Å². The molecule has 5 rings (SSSR count). The fourth-order valence-electron chi connectivity index (χ4n) is 4.36. The summed E-state index contributed by atoms with van der Waals surface area (Å²) in [7, 11) is 1.32. The van der Waals surface area contributed by atoms with Crippen molar-refractivity contribution in [1.29, 1.82) is 0 Å². The molecule has 0 bridgehead atoms. The van der Waals surface area contributed by atoms with Gasteiger partial charge >= 0.3 is 11.9 Å². The summed E-state index contributed by atoms with van der Waals surface area (Å²) in [4.78, 5) is 43.2. The van der Waals surface area contributed by atoms with Gasteiger partial charge in [-0.05, 0) is 55.8 Å². The first-order valence-electron chi connectivity index (χ1n) is 12.0. The Balaban J connectivity index is 1.57. The summed E-state index contributed by atoms with van der Waals surface area (Å²) < 4.78 is 31.4. The topological polar surface area (TPSA) is 100 Å². The first-order chi connectivity index (χ1) is 18.8. The molecule has 198 valence electrons. The second-order valence-electron chi connectivity index (χ2n) is 8.62. The van der Waals surface area contributed by atoms with Gasteiger partial charge in [-0.15, -0.1) is 0 Å². The van der Waals surface area contributed by atoms with Gasteiger partial charge in [0.05, 0.1) is 41.1 Å². The van der Waals surface area contributed by atoms with Crippen LogP contribution >= 0.6 is 11.3 Å². The number of ether oxygens (including phenoxy) is 2. The van der Waals surface area contributed by atoms with Gasteiger partial charge in [-0.25, -0.2) is 19.0 Å². The number of rotatable bonds is 6. The molecule has 0 radical (unpaired) electrons. The molecule has 10 heteroatoms. The molecule has 0 saturated carbocycles. The lowest BCUT2D eigenvalue weighted by Gasteiger charge is -2.24. The molecule has 3 heterocycles. The third-order valence-corrected chi connectivity index (χ3v) is 7.18. The molecule has 4 aromatic rings. The van der Waals surface area contributed by atoms with Crippen molar-refractivity contribution in [2.24, 2.45) is 4.99 Å². The Morgan fingerprint density at radius 1 is 1.08 bits per heavy atom. The van der Waals surface area contributed by atoms with Gasteiger partial charge in [0.1, 0.15) is 17.3 Å². The molecule has 0 aliphatic carbocycles. The Morgan fingerprint density at radius 2 is 1.79 bits per heavy atom. The van der Waals surface area contributed by atoms with Crippen molar-refractivity contribution in [3.8, 4) is 11.3 Å². The average molecular weight is 547 g/mol. The summed E-state index contributed by atoms with van der Waals surface area (Å²) >= 11 is 1.16. The van der Waals surface area contributed by atoms with Crippen molar-refractivity contribution in [1.82, 2.24) is 4.57 Å². The molecule has 1 atom stereocenters. The summed E-state index contributed by atoms with van der Waals surface area (Å²) in [6.45, 7) is 3.54. The highest BCUT2D eigenvalue weighted by molar-refractivity contribution is 7.07. The Labute approximate surface area is 226 Å². The summed E-state index contributed by atoms with van der Waals surface area (Å²) in [6.07, 6.45) is 1.61. The maximum Gasteiger partial charge on any atom is 0.338 e. The van der Waals surface area contributed by atoms with Crippen LogP contribution in [0, 0.1) is 5.82 Å². The quantitative estimate of drug-likeness (QED) is 0.339. The molecule has 2 aromatic heterocycles. The Hall–Kier alpha value is -4.57. The second-order valence-corrected chi connectivity index (χ2v) is 9.63. The molecule has 0 saturated heterocycles. The van der Waals surface area contributed by atoms with Crippen molar-refractivity contribution < 1.29 is 27.9 Å². The number of carbonyl (C=O) groups excluding carboxylic acids is 2. The first-order valence-corrected chi connectivity index (χ1v) is 12.9. The summed E-state index contributed by atoms with van der Waals surface area (Å²) in [5.74, 6) is -0.464. The minimum Gasteiger partial charge on any atom is -0.465 e. The van der Waals surface area contributed by atoms with Gasteiger partial charge < -0.3 is 13.9 Å². The molecule has 1 aliphatic heterocycles. The number of hydrogen-bond acceptors (Lipinski definition) is 8. The minimum absolute atomic E-state index is 0.155. The summed E-state index contributed by atoms with van der Waals surface area (Å²) in [5.41, 5.74) is 1.99. The third kappa shape index (κ3) is 4.98. The van der Waals surface area contributed by atoms with Gasteiger partial charge in [-0.2, -0.15) is 0 Å². The number of benzene rings is 2. The van der Waals surface area contributed by atoms with Crippen LogP contribution in [0.15, 0.2) is 86.1 Å². The molecule has 39 heavy (non-hydrogen) atoms. The van der Waals surface area contributed by atoms with Crippen LogP contribution in [0.2, 0.25) is 0 Å². The first kappa shape index (κ1) is 26.1. The van der Waals surface area contributed by atoms with Crippen molar-refractivity contribution in [2.75, 3.05) is 13.7 Å². The highest BCUT2D eigenvalue weighted by Gasteiger charge is 2.33. The third-order valence-electron chi connectivity index (χ3n) is 6.19. The zero-order chi connectivity index (χ0) is 27.7. The normalized spacial score (nSPS) is 15.1. The summed E-state index contributed by atoms with van der Waals surface area (Å²) in [5, 5.41) is 0. The van der Waals surface area contributed by atoms with Crippen LogP contribution in [0.25, 0.3) is 17.4 Å². The maximum absolute atomic E-state index is 13.7. The van der Waals surface area contributed by atoms with E-state index in [1.54, 1.807) is 68.5 Å². The van der Waals surface area contributed by atoms with Gasteiger partial charge in [0, 0.05) is 11.6 Å². The van der Waals surface area contributed by atoms with E-state index < -0.39 is 23.8 Å². The molecule has 0 spiro atoms. The van der Waals surface area contributed by atoms with Crippen molar-refractivity contribution in [3.63, 3.8) is 0 Å². The SMILES string of the molecule is CCOC(=O)C1=C(C)N=c2s/c(=C\c3ccc(-c4ccc(C(=O)OC)cc4)o3)c(=O)n2C1c1ccc(F)cc1. The molecular weight excluding hydrogens is 523 g/mol.